The molecule has 29 heavy (non-hydrogen) atoms. The number of hydrogen-bond donors (Lipinski definition) is 1. The summed E-state index contributed by atoms with van der Waals surface area (Å²) in [5, 5.41) is 15.0. The van der Waals surface area contributed by atoms with Crippen molar-refractivity contribution in [1.29, 1.82) is 0 Å². The summed E-state index contributed by atoms with van der Waals surface area (Å²) in [6.45, 7) is 6.64. The van der Waals surface area contributed by atoms with E-state index in [-0.39, 0.29) is 12.1 Å². The van der Waals surface area contributed by atoms with E-state index in [0.29, 0.717) is 17.7 Å². The highest BCUT2D eigenvalue weighted by molar-refractivity contribution is 7.13. The first-order valence-electron chi connectivity index (χ1n) is 10.0. The maximum Gasteiger partial charge on any atom is 0.274 e. The Morgan fingerprint density at radius 3 is 2.31 bits per heavy atom. The lowest BCUT2D eigenvalue weighted by Crippen LogP contribution is -2.85. The van der Waals surface area contributed by atoms with Gasteiger partial charge in [0.05, 0.1) is 9.75 Å². The lowest BCUT2D eigenvalue weighted by Gasteiger charge is -2.19. The lowest BCUT2D eigenvalue weighted by atomic mass is 9.95. The molecule has 0 radical (unpaired) electrons. The van der Waals surface area contributed by atoms with Crippen LogP contribution in [0, 0.1) is 0 Å². The quantitative estimate of drug-likeness (QED) is 0.390. The maximum absolute atomic E-state index is 5.97. The van der Waals surface area contributed by atoms with Crippen LogP contribution in [-0.2, 0) is 0 Å². The standard InChI is InChI=1S/C23H25N3OS2/c1-4-15(2)17-9-11-18(12-10-17)21(19-7-5-13-28-19)24-16(3)22-25-26-23(27-22)20-8-6-14-29-20/h5-16,21,24H,4H2,1-3H3/p+1/t15-,16+,21-/m1/s1. The van der Waals surface area contributed by atoms with Gasteiger partial charge in [-0.05, 0) is 47.7 Å². The van der Waals surface area contributed by atoms with E-state index in [9.17, 15) is 0 Å². The number of thiophene rings is 2. The minimum Gasteiger partial charge on any atom is -0.414 e. The van der Waals surface area contributed by atoms with Gasteiger partial charge in [-0.2, -0.15) is 0 Å². The zero-order valence-electron chi connectivity index (χ0n) is 16.9. The largest absolute Gasteiger partial charge is 0.414 e. The van der Waals surface area contributed by atoms with Gasteiger partial charge in [-0.3, -0.25) is 0 Å². The van der Waals surface area contributed by atoms with Gasteiger partial charge in [-0.1, -0.05) is 50.2 Å². The van der Waals surface area contributed by atoms with Gasteiger partial charge < -0.3 is 9.73 Å². The van der Waals surface area contributed by atoms with E-state index in [4.69, 9.17) is 4.42 Å². The van der Waals surface area contributed by atoms with Crippen molar-refractivity contribution in [1.82, 2.24) is 10.2 Å². The first-order valence-corrected chi connectivity index (χ1v) is 11.8. The number of quaternary nitrogens is 1. The molecule has 2 N–H and O–H groups in total. The fourth-order valence-corrected chi connectivity index (χ4v) is 4.87. The van der Waals surface area contributed by atoms with Crippen LogP contribution in [0.15, 0.2) is 63.7 Å². The van der Waals surface area contributed by atoms with E-state index in [2.05, 4.69) is 78.1 Å². The number of nitrogens with zero attached hydrogens (tertiary/aromatic N) is 2. The Labute approximate surface area is 179 Å². The second-order valence-electron chi connectivity index (χ2n) is 7.37. The molecule has 3 atom stereocenters. The summed E-state index contributed by atoms with van der Waals surface area (Å²) in [4.78, 5) is 2.33. The fraction of sp³-hybridized carbons (Fsp3) is 0.304. The van der Waals surface area contributed by atoms with Crippen LogP contribution < -0.4 is 5.32 Å². The summed E-state index contributed by atoms with van der Waals surface area (Å²) in [6, 6.07) is 17.6. The van der Waals surface area contributed by atoms with Crippen molar-refractivity contribution in [2.24, 2.45) is 0 Å². The van der Waals surface area contributed by atoms with Gasteiger partial charge in [-0.15, -0.1) is 32.9 Å². The molecule has 0 aliphatic heterocycles. The monoisotopic (exact) mass is 424 g/mol. The van der Waals surface area contributed by atoms with E-state index >= 15 is 0 Å². The number of nitrogens with two attached hydrogens (primary N) is 1. The van der Waals surface area contributed by atoms with Gasteiger partial charge in [0, 0.05) is 5.56 Å². The normalized spacial score (nSPS) is 14.6. The molecule has 150 valence electrons. The molecule has 3 aromatic heterocycles. The van der Waals surface area contributed by atoms with Crippen molar-refractivity contribution < 1.29 is 9.73 Å². The second kappa shape index (κ2) is 9.03. The molecular weight excluding hydrogens is 398 g/mol. The van der Waals surface area contributed by atoms with Gasteiger partial charge in [0.25, 0.3) is 11.8 Å². The zero-order valence-corrected chi connectivity index (χ0v) is 18.5. The minimum absolute atomic E-state index is 0.0533. The smallest absolute Gasteiger partial charge is 0.274 e. The molecule has 0 aliphatic rings. The van der Waals surface area contributed by atoms with Gasteiger partial charge in [0.1, 0.15) is 6.04 Å². The summed E-state index contributed by atoms with van der Waals surface area (Å²) in [7, 11) is 0. The molecule has 4 aromatic rings. The van der Waals surface area contributed by atoms with Crippen molar-refractivity contribution in [3.8, 4) is 10.8 Å². The molecule has 0 saturated heterocycles. The van der Waals surface area contributed by atoms with E-state index < -0.39 is 0 Å². The molecule has 0 amide bonds. The molecule has 4 nitrogen and oxygen atoms in total. The molecule has 0 spiro atoms. The van der Waals surface area contributed by atoms with Crippen molar-refractivity contribution >= 4 is 22.7 Å². The Hall–Kier alpha value is -2.28. The van der Waals surface area contributed by atoms with Crippen LogP contribution in [0.5, 0.6) is 0 Å². The summed E-state index contributed by atoms with van der Waals surface area (Å²) >= 11 is 3.40. The lowest BCUT2D eigenvalue weighted by molar-refractivity contribution is -0.725. The zero-order chi connectivity index (χ0) is 20.2. The van der Waals surface area contributed by atoms with E-state index in [1.165, 1.54) is 16.0 Å². The van der Waals surface area contributed by atoms with E-state index in [0.717, 1.165) is 11.3 Å². The molecule has 1 aromatic carbocycles. The third-order valence-electron chi connectivity index (χ3n) is 5.37. The molecule has 0 unspecified atom stereocenters. The van der Waals surface area contributed by atoms with Crippen molar-refractivity contribution in [2.45, 2.75) is 45.2 Å². The van der Waals surface area contributed by atoms with Crippen LogP contribution in [0.1, 0.15) is 67.1 Å². The summed E-state index contributed by atoms with van der Waals surface area (Å²) in [5.41, 5.74) is 2.69. The Bertz CT molecular complexity index is 1010. The predicted molar refractivity (Wildman–Crippen MR) is 119 cm³/mol. The SMILES string of the molecule is CC[C@@H](C)c1ccc([C@@H]([NH2+][C@@H](C)c2nnc(-c3cccs3)o2)c2cccs2)cc1. The van der Waals surface area contributed by atoms with Gasteiger partial charge in [0.15, 0.2) is 6.04 Å². The number of benzene rings is 1. The highest BCUT2D eigenvalue weighted by Gasteiger charge is 2.26. The summed E-state index contributed by atoms with van der Waals surface area (Å²) in [6.07, 6.45) is 1.15. The highest BCUT2D eigenvalue weighted by Crippen LogP contribution is 2.28. The van der Waals surface area contributed by atoms with Crippen LogP contribution in [0.2, 0.25) is 0 Å². The Kier molecular flexibility index (Phi) is 6.23. The molecule has 6 heteroatoms. The first-order chi connectivity index (χ1) is 14.2. The topological polar surface area (TPSA) is 55.5 Å². The molecular formula is C23H26N3OS2+. The Morgan fingerprint density at radius 2 is 1.66 bits per heavy atom. The molecule has 4 rings (SSSR count). The average molecular weight is 425 g/mol. The summed E-state index contributed by atoms with van der Waals surface area (Å²) in [5.74, 6) is 1.84. The predicted octanol–water partition coefficient (Wildman–Crippen LogP) is 5.79. The van der Waals surface area contributed by atoms with Gasteiger partial charge in [0.2, 0.25) is 0 Å². The van der Waals surface area contributed by atoms with Crippen LogP contribution in [0.25, 0.3) is 10.8 Å². The fourth-order valence-electron chi connectivity index (χ4n) is 3.40. The maximum atomic E-state index is 5.97. The third kappa shape index (κ3) is 4.50. The van der Waals surface area contributed by atoms with Gasteiger partial charge in [-0.25, -0.2) is 0 Å². The number of hydrogen-bond acceptors (Lipinski definition) is 5. The molecule has 0 fully saturated rings. The number of aromatic nitrogens is 2. The van der Waals surface area contributed by atoms with E-state index in [1.54, 1.807) is 22.7 Å². The van der Waals surface area contributed by atoms with Crippen LogP contribution in [0.3, 0.4) is 0 Å². The Balaban J connectivity index is 1.56. The van der Waals surface area contributed by atoms with E-state index in [1.807, 2.05) is 17.5 Å². The molecule has 3 heterocycles. The van der Waals surface area contributed by atoms with Crippen molar-refractivity contribution in [3.63, 3.8) is 0 Å². The Morgan fingerprint density at radius 1 is 0.931 bits per heavy atom. The van der Waals surface area contributed by atoms with Crippen molar-refractivity contribution in [3.05, 3.63) is 81.2 Å². The van der Waals surface area contributed by atoms with Crippen LogP contribution >= 0.6 is 22.7 Å². The van der Waals surface area contributed by atoms with Crippen molar-refractivity contribution in [2.75, 3.05) is 0 Å². The average Bonchev–Trinajstić information content (AvgIpc) is 3.52. The number of rotatable bonds is 8. The molecule has 0 bridgehead atoms. The summed E-state index contributed by atoms with van der Waals surface area (Å²) < 4.78 is 5.97. The first kappa shape index (κ1) is 20.0. The van der Waals surface area contributed by atoms with Gasteiger partial charge >= 0.3 is 0 Å². The van der Waals surface area contributed by atoms with Crippen LogP contribution in [0.4, 0.5) is 0 Å². The van der Waals surface area contributed by atoms with Crippen LogP contribution in [-0.4, -0.2) is 10.2 Å². The molecule has 0 saturated carbocycles. The molecule has 0 aliphatic carbocycles. The highest BCUT2D eigenvalue weighted by atomic mass is 32.1. The second-order valence-corrected chi connectivity index (χ2v) is 9.30. The third-order valence-corrected chi connectivity index (χ3v) is 7.18. The minimum atomic E-state index is 0.0533.